The summed E-state index contributed by atoms with van der Waals surface area (Å²) >= 11 is 0. The zero-order chi connectivity index (χ0) is 41.3. The number of hydrogen-bond donors (Lipinski definition) is 2. The van der Waals surface area contributed by atoms with E-state index in [1.807, 2.05) is 12.1 Å². The molecule has 59 heavy (non-hydrogen) atoms. The van der Waals surface area contributed by atoms with Crippen molar-refractivity contribution in [2.24, 2.45) is 0 Å². The number of allylic oxidation sites excluding steroid dienone is 4. The highest BCUT2D eigenvalue weighted by Crippen LogP contribution is 2.28. The second-order valence-corrected chi connectivity index (χ2v) is 17.4. The van der Waals surface area contributed by atoms with Gasteiger partial charge in [-0.05, 0) is 112 Å². The highest BCUT2D eigenvalue weighted by Gasteiger charge is 2.07. The molecule has 0 unspecified atom stereocenters. The van der Waals surface area contributed by atoms with Crippen LogP contribution in [0.5, 0.6) is 11.5 Å². The van der Waals surface area contributed by atoms with Crippen LogP contribution in [0.15, 0.2) is 85.2 Å². The lowest BCUT2D eigenvalue weighted by Gasteiger charge is -2.07. The first kappa shape index (κ1) is 48.0. The Morgan fingerprint density at radius 2 is 0.593 bits per heavy atom. The van der Waals surface area contributed by atoms with E-state index >= 15 is 0 Å². The lowest BCUT2D eigenvalue weighted by Crippen LogP contribution is -1.90. The maximum absolute atomic E-state index is 10.0. The van der Waals surface area contributed by atoms with Crippen LogP contribution >= 0.6 is 0 Å². The van der Waals surface area contributed by atoms with Gasteiger partial charge in [0.2, 0.25) is 0 Å². The van der Waals surface area contributed by atoms with Gasteiger partial charge in [0.25, 0.3) is 0 Å². The minimum absolute atomic E-state index is 0.283. The van der Waals surface area contributed by atoms with Gasteiger partial charge in [-0.15, -0.1) is 0 Å². The number of nitrogens with zero attached hydrogens (tertiary/aromatic N) is 2. The number of benzene rings is 2. The Labute approximate surface area is 360 Å². The monoisotopic (exact) mass is 803 g/mol. The molecule has 0 amide bonds. The molecule has 0 spiro atoms. The van der Waals surface area contributed by atoms with Gasteiger partial charge < -0.3 is 10.2 Å². The molecule has 0 aliphatic rings. The van der Waals surface area contributed by atoms with Crippen molar-refractivity contribution in [3.05, 3.63) is 96.4 Å². The second kappa shape index (κ2) is 32.2. The van der Waals surface area contributed by atoms with E-state index in [-0.39, 0.29) is 11.5 Å². The highest BCUT2D eigenvalue weighted by atomic mass is 16.3. The minimum atomic E-state index is 0.283. The third-order valence-electron chi connectivity index (χ3n) is 12.4. The average Bonchev–Trinajstić information content (AvgIpc) is 3.26. The predicted octanol–water partition coefficient (Wildman–Crippen LogP) is 17.2. The molecule has 2 aromatic heterocycles. The van der Waals surface area contributed by atoms with Gasteiger partial charge in [-0.3, -0.25) is 9.97 Å². The van der Waals surface area contributed by atoms with Gasteiger partial charge in [0, 0.05) is 23.2 Å². The predicted molar refractivity (Wildman–Crippen MR) is 256 cm³/mol. The van der Waals surface area contributed by atoms with Crippen molar-refractivity contribution in [1.82, 2.24) is 9.97 Å². The van der Waals surface area contributed by atoms with Crippen LogP contribution in [-0.4, -0.2) is 20.2 Å². The summed E-state index contributed by atoms with van der Waals surface area (Å²) in [6, 6.07) is 15.8. The van der Waals surface area contributed by atoms with E-state index < -0.39 is 0 Å². The van der Waals surface area contributed by atoms with E-state index in [4.69, 9.17) is 0 Å². The van der Waals surface area contributed by atoms with Crippen molar-refractivity contribution in [2.75, 3.05) is 0 Å². The van der Waals surface area contributed by atoms with Crippen molar-refractivity contribution in [3.8, 4) is 11.5 Å². The Balaban J connectivity index is 0.786. The fourth-order valence-corrected chi connectivity index (χ4v) is 8.73. The first-order valence-electron chi connectivity index (χ1n) is 24.6. The maximum Gasteiger partial charge on any atom is 0.141 e. The molecule has 0 saturated heterocycles. The van der Waals surface area contributed by atoms with E-state index in [1.165, 1.54) is 210 Å². The van der Waals surface area contributed by atoms with E-state index in [1.54, 1.807) is 24.5 Å². The molecule has 2 N–H and O–H groups in total. The van der Waals surface area contributed by atoms with Crippen LogP contribution in [0.1, 0.15) is 210 Å². The number of aryl methyl sites for hydroxylation is 2. The van der Waals surface area contributed by atoms with E-state index in [9.17, 15) is 10.2 Å². The fraction of sp³-hybridized carbons (Fsp3) is 0.600. The summed E-state index contributed by atoms with van der Waals surface area (Å²) in [4.78, 5) is 8.69. The summed E-state index contributed by atoms with van der Waals surface area (Å²) in [6.45, 7) is 0. The zero-order valence-electron chi connectivity index (χ0n) is 37.2. The molecular weight excluding hydrogens is 721 g/mol. The minimum Gasteiger partial charge on any atom is -0.506 e. The largest absolute Gasteiger partial charge is 0.506 e. The normalized spacial score (nSPS) is 11.9. The highest BCUT2D eigenvalue weighted by molar-refractivity contribution is 5.87. The number of fused-ring (bicyclic) bond motifs is 2. The molecule has 324 valence electrons. The van der Waals surface area contributed by atoms with Crippen LogP contribution in [0, 0.1) is 0 Å². The van der Waals surface area contributed by atoms with Gasteiger partial charge in [-0.2, -0.15) is 0 Å². The van der Waals surface area contributed by atoms with Crippen LogP contribution in [0.2, 0.25) is 0 Å². The van der Waals surface area contributed by atoms with E-state index in [2.05, 4.69) is 58.5 Å². The third kappa shape index (κ3) is 20.9. The van der Waals surface area contributed by atoms with Gasteiger partial charge in [0.1, 0.15) is 22.5 Å². The maximum atomic E-state index is 10.0. The molecule has 4 heteroatoms. The first-order valence-corrected chi connectivity index (χ1v) is 24.6. The number of pyridine rings is 2. The Kier molecular flexibility index (Phi) is 26.2. The van der Waals surface area contributed by atoms with Crippen LogP contribution in [0.3, 0.4) is 0 Å². The summed E-state index contributed by atoms with van der Waals surface area (Å²) < 4.78 is 0. The first-order chi connectivity index (χ1) is 29.2. The average molecular weight is 803 g/mol. The summed E-state index contributed by atoms with van der Waals surface area (Å²) in [5, 5.41) is 22.3. The number of phenolic OH excluding ortho intramolecular Hbond substituents is 2. The van der Waals surface area contributed by atoms with Gasteiger partial charge in [-0.25, -0.2) is 0 Å². The standard InChI is InChI=1S/C55H82N2O2/c58-52-44-42-48(50-40-36-46-56-54(50)52)38-34-32-30-28-26-24-22-20-18-16-14-12-10-8-6-4-2-1-3-5-7-9-11-13-15-17-19-21-23-25-27-29-31-33-35-39-49-43-45-53(59)55-51(49)41-37-47-57-55/h18-21,36-37,40-47,58-59H,1-17,22-35,38-39H2/b20-18-,21-19-. The number of rotatable bonds is 36. The summed E-state index contributed by atoms with van der Waals surface area (Å²) in [5.41, 5.74) is 4.08. The number of unbranched alkanes of at least 4 members (excludes halogenated alkanes) is 28. The molecule has 0 fully saturated rings. The molecule has 0 atom stereocenters. The van der Waals surface area contributed by atoms with Crippen molar-refractivity contribution in [3.63, 3.8) is 0 Å². The van der Waals surface area contributed by atoms with Crippen LogP contribution < -0.4 is 0 Å². The topological polar surface area (TPSA) is 66.2 Å². The molecular formula is C55H82N2O2. The Hall–Kier alpha value is -3.66. The Bertz CT molecular complexity index is 1590. The molecule has 2 heterocycles. The van der Waals surface area contributed by atoms with Gasteiger partial charge in [0.15, 0.2) is 0 Å². The van der Waals surface area contributed by atoms with Crippen molar-refractivity contribution in [1.29, 1.82) is 0 Å². The lowest BCUT2D eigenvalue weighted by atomic mass is 10.0. The molecule has 4 rings (SSSR count). The van der Waals surface area contributed by atoms with E-state index in [0.29, 0.717) is 0 Å². The molecule has 0 saturated carbocycles. The molecule has 0 bridgehead atoms. The van der Waals surface area contributed by atoms with Crippen LogP contribution in [0.25, 0.3) is 21.8 Å². The number of hydrogen-bond acceptors (Lipinski definition) is 4. The van der Waals surface area contributed by atoms with Crippen LogP contribution in [-0.2, 0) is 12.8 Å². The van der Waals surface area contributed by atoms with Crippen molar-refractivity contribution >= 4 is 21.8 Å². The zero-order valence-corrected chi connectivity index (χ0v) is 37.2. The van der Waals surface area contributed by atoms with Gasteiger partial charge in [0.05, 0.1) is 0 Å². The molecule has 4 nitrogen and oxygen atoms in total. The number of aromatic hydroxyl groups is 2. The number of phenols is 2. The molecule has 0 radical (unpaired) electrons. The number of aromatic nitrogens is 2. The molecule has 2 aromatic carbocycles. The SMILES string of the molecule is Oc1ccc(CCCCCCCC/C=C\CCCCCCCCCCCCCCCCC/C=C\CCCCCCCCc2ccc(O)c3ncccc23)c2cccnc12. The quantitative estimate of drug-likeness (QED) is 0.0355. The van der Waals surface area contributed by atoms with Crippen LogP contribution in [0.4, 0.5) is 0 Å². The lowest BCUT2D eigenvalue weighted by molar-refractivity contribution is 0.479. The van der Waals surface area contributed by atoms with Crippen molar-refractivity contribution in [2.45, 2.75) is 212 Å². The van der Waals surface area contributed by atoms with Gasteiger partial charge >= 0.3 is 0 Å². The second-order valence-electron chi connectivity index (χ2n) is 17.4. The fourth-order valence-electron chi connectivity index (χ4n) is 8.73. The summed E-state index contributed by atoms with van der Waals surface area (Å²) in [7, 11) is 0. The van der Waals surface area contributed by atoms with Crippen molar-refractivity contribution < 1.29 is 10.2 Å². The summed E-state index contributed by atoms with van der Waals surface area (Å²) in [5.74, 6) is 0.565. The summed E-state index contributed by atoms with van der Waals surface area (Å²) in [6.07, 6.45) is 57.4. The van der Waals surface area contributed by atoms with E-state index in [0.717, 1.165) is 34.6 Å². The Morgan fingerprint density at radius 3 is 0.898 bits per heavy atom. The van der Waals surface area contributed by atoms with Gasteiger partial charge in [-0.1, -0.05) is 183 Å². The smallest absolute Gasteiger partial charge is 0.141 e. The molecule has 4 aromatic rings. The Morgan fingerprint density at radius 1 is 0.322 bits per heavy atom. The third-order valence-corrected chi connectivity index (χ3v) is 12.4. The molecule has 0 aliphatic heterocycles. The molecule has 0 aliphatic carbocycles.